The molecule has 0 unspecified atom stereocenters. The van der Waals surface area contributed by atoms with Crippen LogP contribution in [-0.4, -0.2) is 49.2 Å². The van der Waals surface area contributed by atoms with Crippen molar-refractivity contribution in [2.75, 3.05) is 32.0 Å². The first kappa shape index (κ1) is 34.3. The van der Waals surface area contributed by atoms with Crippen LogP contribution in [-0.2, 0) is 16.0 Å². The van der Waals surface area contributed by atoms with Crippen LogP contribution in [0.25, 0.3) is 22.2 Å². The first-order chi connectivity index (χ1) is 23.0. The van der Waals surface area contributed by atoms with Crippen molar-refractivity contribution in [3.63, 3.8) is 0 Å². The Morgan fingerprint density at radius 2 is 1.75 bits per heavy atom. The number of hydrogen-bond acceptors (Lipinski definition) is 8. The second-order valence-electron chi connectivity index (χ2n) is 12.6. The smallest absolute Gasteiger partial charge is 0.247 e. The van der Waals surface area contributed by atoms with E-state index in [4.69, 9.17) is 14.2 Å². The van der Waals surface area contributed by atoms with Gasteiger partial charge in [0, 0.05) is 24.1 Å². The average molecular weight is 656 g/mol. The third-order valence-corrected chi connectivity index (χ3v) is 9.04. The summed E-state index contributed by atoms with van der Waals surface area (Å²) in [5, 5.41) is 9.34. The van der Waals surface area contributed by atoms with Crippen LogP contribution in [0.5, 0.6) is 17.2 Å². The number of aromatic nitrogens is 2. The van der Waals surface area contributed by atoms with Crippen LogP contribution in [0.15, 0.2) is 47.3 Å². The van der Waals surface area contributed by atoms with Gasteiger partial charge in [-0.05, 0) is 71.8 Å². The molecule has 3 aromatic carbocycles. The highest BCUT2D eigenvalue weighted by Gasteiger charge is 2.30. The number of nitrogens with zero attached hydrogens (tertiary/aromatic N) is 1. The summed E-state index contributed by atoms with van der Waals surface area (Å²) in [5.74, 6) is 1.96. The summed E-state index contributed by atoms with van der Waals surface area (Å²) in [6.45, 7) is 9.57. The van der Waals surface area contributed by atoms with Crippen molar-refractivity contribution < 1.29 is 23.8 Å². The van der Waals surface area contributed by atoms with Gasteiger partial charge in [0.2, 0.25) is 23.0 Å². The summed E-state index contributed by atoms with van der Waals surface area (Å²) < 4.78 is 17.2. The Kier molecular flexibility index (Phi) is 10.3. The molecule has 11 nitrogen and oxygen atoms in total. The molecule has 2 amide bonds. The molecule has 3 atom stereocenters. The van der Waals surface area contributed by atoms with Crippen LogP contribution in [0, 0.1) is 5.92 Å². The monoisotopic (exact) mass is 655 g/mol. The quantitative estimate of drug-likeness (QED) is 0.147. The number of carbonyl (C=O) groups excluding carboxylic acids is 2. The number of methoxy groups -OCH3 is 3. The molecule has 0 saturated heterocycles. The lowest BCUT2D eigenvalue weighted by atomic mass is 9.95. The Bertz CT molecular complexity index is 1900. The number of aryl methyl sites for hydroxylation is 1. The maximum Gasteiger partial charge on any atom is 0.247 e. The number of anilines is 2. The van der Waals surface area contributed by atoms with E-state index in [0.29, 0.717) is 53.3 Å². The van der Waals surface area contributed by atoms with Crippen molar-refractivity contribution in [2.24, 2.45) is 5.92 Å². The molecule has 0 aliphatic heterocycles. The number of rotatable bonds is 11. The second kappa shape index (κ2) is 14.4. The molecule has 0 fully saturated rings. The van der Waals surface area contributed by atoms with Crippen molar-refractivity contribution in [3.8, 4) is 28.4 Å². The molecule has 1 aromatic heterocycles. The SMILES string of the molecule is CC[C@H](C)[C@@H](Nc1ccc2c(cc1=O)[C@@H](NC(C)=O)CCc1cc(OC)c(OC)c(OC)c1-2)C(=O)Nc1ccc2nc(C(C)C)[nH]c2c1. The number of amides is 2. The van der Waals surface area contributed by atoms with Crippen LogP contribution < -0.4 is 35.6 Å². The third-order valence-electron chi connectivity index (χ3n) is 9.04. The first-order valence-electron chi connectivity index (χ1n) is 16.3. The maximum atomic E-state index is 14.0. The summed E-state index contributed by atoms with van der Waals surface area (Å²) in [6, 6.07) is 11.4. The van der Waals surface area contributed by atoms with Crippen molar-refractivity contribution in [2.45, 2.75) is 71.9 Å². The normalized spacial score (nSPS) is 15.1. The van der Waals surface area contributed by atoms with E-state index in [1.54, 1.807) is 33.5 Å². The van der Waals surface area contributed by atoms with E-state index in [2.05, 4.69) is 39.8 Å². The molecule has 0 bridgehead atoms. The first-order valence-corrected chi connectivity index (χ1v) is 16.3. The molecule has 5 rings (SSSR count). The zero-order chi connectivity index (χ0) is 34.7. The van der Waals surface area contributed by atoms with E-state index in [9.17, 15) is 14.4 Å². The largest absolute Gasteiger partial charge is 0.493 e. The molecular weight excluding hydrogens is 610 g/mol. The minimum absolute atomic E-state index is 0.110. The topological polar surface area (TPSA) is 144 Å². The molecule has 254 valence electrons. The summed E-state index contributed by atoms with van der Waals surface area (Å²) in [4.78, 5) is 48.1. The lowest BCUT2D eigenvalue weighted by Gasteiger charge is -2.24. The van der Waals surface area contributed by atoms with Crippen molar-refractivity contribution >= 4 is 34.2 Å². The molecule has 11 heteroatoms. The number of carbonyl (C=O) groups is 2. The Morgan fingerprint density at radius 3 is 2.40 bits per heavy atom. The second-order valence-corrected chi connectivity index (χ2v) is 12.6. The molecule has 0 saturated carbocycles. The highest BCUT2D eigenvalue weighted by Crippen LogP contribution is 2.50. The molecule has 1 aliphatic rings. The molecule has 0 radical (unpaired) electrons. The van der Waals surface area contributed by atoms with Gasteiger partial charge in [-0.25, -0.2) is 4.98 Å². The van der Waals surface area contributed by atoms with Crippen LogP contribution in [0.1, 0.15) is 76.4 Å². The van der Waals surface area contributed by atoms with Gasteiger partial charge in [0.25, 0.3) is 0 Å². The number of hydrogen-bond donors (Lipinski definition) is 4. The molecule has 48 heavy (non-hydrogen) atoms. The van der Waals surface area contributed by atoms with Crippen molar-refractivity contribution in [1.29, 1.82) is 0 Å². The number of imidazole rings is 1. The third kappa shape index (κ3) is 6.81. The number of fused-ring (bicyclic) bond motifs is 4. The summed E-state index contributed by atoms with van der Waals surface area (Å²) in [5.41, 5.74) is 5.28. The van der Waals surface area contributed by atoms with Gasteiger partial charge in [0.15, 0.2) is 11.5 Å². The lowest BCUT2D eigenvalue weighted by Crippen LogP contribution is -2.40. The van der Waals surface area contributed by atoms with Crippen LogP contribution >= 0.6 is 0 Å². The maximum absolute atomic E-state index is 14.0. The van der Waals surface area contributed by atoms with E-state index in [1.807, 2.05) is 44.2 Å². The van der Waals surface area contributed by atoms with Gasteiger partial charge < -0.3 is 35.1 Å². The predicted octanol–water partition coefficient (Wildman–Crippen LogP) is 6.33. The number of aromatic amines is 1. The summed E-state index contributed by atoms with van der Waals surface area (Å²) in [6.07, 6.45) is 1.83. The molecule has 4 N–H and O–H groups in total. The van der Waals surface area contributed by atoms with Gasteiger partial charge in [-0.15, -0.1) is 0 Å². The highest BCUT2D eigenvalue weighted by molar-refractivity contribution is 5.98. The van der Waals surface area contributed by atoms with E-state index >= 15 is 0 Å². The van der Waals surface area contributed by atoms with Gasteiger partial charge in [-0.1, -0.05) is 40.2 Å². The van der Waals surface area contributed by atoms with Crippen molar-refractivity contribution in [1.82, 2.24) is 15.3 Å². The highest BCUT2D eigenvalue weighted by atomic mass is 16.5. The Morgan fingerprint density at radius 1 is 1.00 bits per heavy atom. The van der Waals surface area contributed by atoms with Gasteiger partial charge in [-0.2, -0.15) is 0 Å². The Labute approximate surface area is 280 Å². The summed E-state index contributed by atoms with van der Waals surface area (Å²) in [7, 11) is 4.67. The van der Waals surface area contributed by atoms with E-state index in [1.165, 1.54) is 6.92 Å². The number of ether oxygens (including phenoxy) is 3. The predicted molar refractivity (Wildman–Crippen MR) is 188 cm³/mol. The minimum Gasteiger partial charge on any atom is -0.493 e. The fourth-order valence-corrected chi connectivity index (χ4v) is 6.30. The van der Waals surface area contributed by atoms with Gasteiger partial charge >= 0.3 is 0 Å². The van der Waals surface area contributed by atoms with E-state index in [-0.39, 0.29) is 34.8 Å². The number of benzene rings is 2. The van der Waals surface area contributed by atoms with Gasteiger partial charge in [-0.3, -0.25) is 14.4 Å². The Hall–Kier alpha value is -5.06. The van der Waals surface area contributed by atoms with Crippen LogP contribution in [0.4, 0.5) is 11.4 Å². The van der Waals surface area contributed by atoms with E-state index < -0.39 is 12.1 Å². The minimum atomic E-state index is -0.717. The summed E-state index contributed by atoms with van der Waals surface area (Å²) >= 11 is 0. The molecule has 1 heterocycles. The molecule has 1 aliphatic carbocycles. The fourth-order valence-electron chi connectivity index (χ4n) is 6.30. The molecular formula is C37H45N5O6. The zero-order valence-corrected chi connectivity index (χ0v) is 28.9. The van der Waals surface area contributed by atoms with Gasteiger partial charge in [0.05, 0.1) is 44.1 Å². The fraction of sp³-hybridized carbons (Fsp3) is 0.405. The zero-order valence-electron chi connectivity index (χ0n) is 28.9. The van der Waals surface area contributed by atoms with E-state index in [0.717, 1.165) is 28.0 Å². The molecule has 0 spiro atoms. The van der Waals surface area contributed by atoms with Gasteiger partial charge in [0.1, 0.15) is 11.9 Å². The molecule has 4 aromatic rings. The van der Waals surface area contributed by atoms with Crippen LogP contribution in [0.3, 0.4) is 0 Å². The standard InChI is InChI=1S/C37H45N5O6/c1-9-20(4)33(37(45)39-23-11-14-27-29(17-23)42-36(41-27)19(2)3)40-28-15-12-24-25(18-30(28)44)26(38-21(5)43)13-10-22-16-31(46-6)34(47-7)35(48-8)32(22)24/h11-12,14-20,26,33H,9-10,13H2,1-8H3,(H,38,43)(H,39,45)(H,40,44)(H,41,42)/t20-,26-,33+/m0/s1. The van der Waals surface area contributed by atoms with Crippen molar-refractivity contribution in [3.05, 3.63) is 69.6 Å². The average Bonchev–Trinajstić information content (AvgIpc) is 3.36. The number of nitrogens with one attached hydrogen (secondary N) is 4. The Balaban J connectivity index is 1.57. The number of H-pyrrole nitrogens is 1. The van der Waals surface area contributed by atoms with Crippen LogP contribution in [0.2, 0.25) is 0 Å². The lowest BCUT2D eigenvalue weighted by molar-refractivity contribution is -0.120.